The Labute approximate surface area is 107 Å². The molecular weight excluding hydrogens is 232 g/mol. The van der Waals surface area contributed by atoms with Crippen molar-refractivity contribution in [2.45, 2.75) is 32.6 Å². The molecule has 0 aromatic heterocycles. The van der Waals surface area contributed by atoms with Crippen molar-refractivity contribution in [3.05, 3.63) is 12.2 Å². The fraction of sp³-hybridized carbons (Fsp3) is 0.714. The molecule has 2 aliphatic carbocycles. The second kappa shape index (κ2) is 5.38. The van der Waals surface area contributed by atoms with Crippen LogP contribution in [0.25, 0.3) is 0 Å². The summed E-state index contributed by atoms with van der Waals surface area (Å²) in [4.78, 5) is 24.2. The van der Waals surface area contributed by atoms with Gasteiger partial charge in [0.05, 0.1) is 0 Å². The first-order chi connectivity index (χ1) is 8.19. The molecule has 1 fully saturated rings. The maximum absolute atomic E-state index is 12.2. The monoisotopic (exact) mass is 252 g/mol. The first kappa shape index (κ1) is 12.9. The summed E-state index contributed by atoms with van der Waals surface area (Å²) < 4.78 is 0. The van der Waals surface area contributed by atoms with Crippen LogP contribution in [0.5, 0.6) is 0 Å². The summed E-state index contributed by atoms with van der Waals surface area (Å²) >= 11 is 1.28. The van der Waals surface area contributed by atoms with Gasteiger partial charge >= 0.3 is 0 Å². The summed E-state index contributed by atoms with van der Waals surface area (Å²) in [7, 11) is 0. The molecule has 4 atom stereocenters. The Bertz CT molecular complexity index is 348. The molecule has 2 nitrogen and oxygen atoms in total. The zero-order valence-corrected chi connectivity index (χ0v) is 11.3. The minimum Gasteiger partial charge on any atom is -0.299 e. The van der Waals surface area contributed by atoms with E-state index in [2.05, 4.69) is 19.1 Å². The Morgan fingerprint density at radius 2 is 1.88 bits per heavy atom. The van der Waals surface area contributed by atoms with Crippen LogP contribution in [0.3, 0.4) is 0 Å². The van der Waals surface area contributed by atoms with Crippen LogP contribution in [0.2, 0.25) is 0 Å². The van der Waals surface area contributed by atoms with Gasteiger partial charge in [0.1, 0.15) is 5.78 Å². The molecule has 0 saturated heterocycles. The van der Waals surface area contributed by atoms with Crippen LogP contribution < -0.4 is 0 Å². The topological polar surface area (TPSA) is 34.1 Å². The molecule has 2 bridgehead atoms. The van der Waals surface area contributed by atoms with Gasteiger partial charge in [-0.2, -0.15) is 0 Å². The third-order valence-corrected chi connectivity index (χ3v) is 4.76. The quantitative estimate of drug-likeness (QED) is 0.705. The second-order valence-corrected chi connectivity index (χ2v) is 5.90. The molecule has 94 valence electrons. The molecule has 0 amide bonds. The lowest BCUT2D eigenvalue weighted by Gasteiger charge is -2.25. The predicted octanol–water partition coefficient (Wildman–Crippen LogP) is 3.07. The second-order valence-electron chi connectivity index (χ2n) is 5.09. The van der Waals surface area contributed by atoms with E-state index in [1.165, 1.54) is 11.8 Å². The Morgan fingerprint density at radius 1 is 1.24 bits per heavy atom. The normalized spacial score (nSPS) is 34.2. The molecule has 0 unspecified atom stereocenters. The molecule has 0 heterocycles. The molecular formula is C14H20O2S. The lowest BCUT2D eigenvalue weighted by Crippen LogP contribution is -2.31. The summed E-state index contributed by atoms with van der Waals surface area (Å²) in [6, 6.07) is 0. The van der Waals surface area contributed by atoms with Gasteiger partial charge in [-0.05, 0) is 30.9 Å². The number of allylic oxidation sites excluding steroid dienone is 2. The number of ketones is 1. The molecule has 0 spiro atoms. The van der Waals surface area contributed by atoms with Crippen LogP contribution in [0.4, 0.5) is 0 Å². The maximum atomic E-state index is 12.2. The van der Waals surface area contributed by atoms with Crippen LogP contribution >= 0.6 is 11.8 Å². The largest absolute Gasteiger partial charge is 0.299 e. The number of carbonyl (C=O) groups is 2. The standard InChI is InChI=1S/C14H20O2S/c1-3-4-5-11(15)12-9-6-7-10(8-9)13(12)14(16)17-2/h6-7,9-10,12-13H,3-5,8H2,1-2H3/t9-,10+,12+,13-/m1/s1. The summed E-state index contributed by atoms with van der Waals surface area (Å²) in [5.41, 5.74) is 0. The van der Waals surface area contributed by atoms with E-state index in [0.29, 0.717) is 24.0 Å². The predicted molar refractivity (Wildman–Crippen MR) is 70.8 cm³/mol. The average Bonchev–Trinajstić information content (AvgIpc) is 2.94. The SMILES string of the molecule is CCCCC(=O)[C@H]1[C@H](C(=O)SC)[C@H]2C=C[C@@H]1C2. The first-order valence-corrected chi connectivity index (χ1v) is 7.70. The smallest absolute Gasteiger partial charge is 0.193 e. The van der Waals surface area contributed by atoms with Gasteiger partial charge in [0.2, 0.25) is 0 Å². The molecule has 0 aromatic carbocycles. The van der Waals surface area contributed by atoms with Gasteiger partial charge < -0.3 is 0 Å². The van der Waals surface area contributed by atoms with E-state index in [9.17, 15) is 9.59 Å². The highest BCUT2D eigenvalue weighted by molar-refractivity contribution is 8.13. The van der Waals surface area contributed by atoms with Crippen molar-refractivity contribution in [1.82, 2.24) is 0 Å². The zero-order chi connectivity index (χ0) is 12.4. The van der Waals surface area contributed by atoms with Gasteiger partial charge in [-0.15, -0.1) is 0 Å². The van der Waals surface area contributed by atoms with Crippen molar-refractivity contribution in [2.75, 3.05) is 6.26 Å². The number of fused-ring (bicyclic) bond motifs is 2. The van der Waals surface area contributed by atoms with E-state index >= 15 is 0 Å². The minimum absolute atomic E-state index is 0.0171. The summed E-state index contributed by atoms with van der Waals surface area (Å²) in [6.45, 7) is 2.10. The number of hydrogen-bond acceptors (Lipinski definition) is 3. The van der Waals surface area contributed by atoms with Crippen molar-refractivity contribution >= 4 is 22.7 Å². The van der Waals surface area contributed by atoms with E-state index in [-0.39, 0.29) is 17.0 Å². The van der Waals surface area contributed by atoms with Crippen molar-refractivity contribution in [3.63, 3.8) is 0 Å². The molecule has 0 radical (unpaired) electrons. The van der Waals surface area contributed by atoms with Gasteiger partial charge in [-0.1, -0.05) is 37.3 Å². The van der Waals surface area contributed by atoms with E-state index in [4.69, 9.17) is 0 Å². The number of thioether (sulfide) groups is 1. The fourth-order valence-electron chi connectivity index (χ4n) is 3.24. The van der Waals surface area contributed by atoms with Gasteiger partial charge in [0.15, 0.2) is 5.12 Å². The summed E-state index contributed by atoms with van der Waals surface area (Å²) in [6.07, 6.45) is 9.79. The zero-order valence-electron chi connectivity index (χ0n) is 10.5. The Hall–Kier alpha value is -0.570. The van der Waals surface area contributed by atoms with Crippen molar-refractivity contribution < 1.29 is 9.59 Å². The molecule has 2 rings (SSSR count). The number of Topliss-reactive ketones (excluding diaryl/α,β-unsaturated/α-hetero) is 1. The van der Waals surface area contributed by atoms with E-state index in [1.807, 2.05) is 6.26 Å². The lowest BCUT2D eigenvalue weighted by molar-refractivity contribution is -0.129. The van der Waals surface area contributed by atoms with E-state index < -0.39 is 0 Å². The fourth-order valence-corrected chi connectivity index (χ4v) is 3.83. The van der Waals surface area contributed by atoms with Gasteiger partial charge in [-0.3, -0.25) is 9.59 Å². The number of unbranched alkanes of at least 4 members (excludes halogenated alkanes) is 1. The molecule has 0 aliphatic heterocycles. The van der Waals surface area contributed by atoms with Gasteiger partial charge in [0.25, 0.3) is 0 Å². The van der Waals surface area contributed by atoms with Crippen LogP contribution in [0.1, 0.15) is 32.6 Å². The maximum Gasteiger partial charge on any atom is 0.193 e. The van der Waals surface area contributed by atoms with E-state index in [0.717, 1.165) is 19.3 Å². The van der Waals surface area contributed by atoms with Crippen LogP contribution in [0, 0.1) is 23.7 Å². The molecule has 3 heteroatoms. The number of hydrogen-bond donors (Lipinski definition) is 0. The minimum atomic E-state index is -0.0376. The average molecular weight is 252 g/mol. The van der Waals surface area contributed by atoms with Crippen molar-refractivity contribution in [1.29, 1.82) is 0 Å². The molecule has 2 aliphatic rings. The first-order valence-electron chi connectivity index (χ1n) is 6.48. The van der Waals surface area contributed by atoms with E-state index in [1.54, 1.807) is 0 Å². The molecule has 17 heavy (non-hydrogen) atoms. The van der Waals surface area contributed by atoms with Gasteiger partial charge in [0, 0.05) is 18.3 Å². The Kier molecular flexibility index (Phi) is 4.08. The van der Waals surface area contributed by atoms with Gasteiger partial charge in [-0.25, -0.2) is 0 Å². The highest BCUT2D eigenvalue weighted by Crippen LogP contribution is 2.50. The molecule has 0 aromatic rings. The summed E-state index contributed by atoms with van der Waals surface area (Å²) in [5, 5.41) is 0.205. The number of carbonyl (C=O) groups excluding carboxylic acids is 2. The van der Waals surface area contributed by atoms with Crippen molar-refractivity contribution in [2.24, 2.45) is 23.7 Å². The Balaban J connectivity index is 2.11. The Morgan fingerprint density at radius 3 is 2.47 bits per heavy atom. The number of rotatable bonds is 5. The molecule has 0 N–H and O–H groups in total. The van der Waals surface area contributed by atoms with Crippen molar-refractivity contribution in [3.8, 4) is 0 Å². The highest BCUT2D eigenvalue weighted by Gasteiger charge is 2.50. The van der Waals surface area contributed by atoms with Crippen LogP contribution in [0.15, 0.2) is 12.2 Å². The van der Waals surface area contributed by atoms with Crippen LogP contribution in [-0.2, 0) is 9.59 Å². The third kappa shape index (κ3) is 2.35. The lowest BCUT2D eigenvalue weighted by atomic mass is 9.80. The third-order valence-electron chi connectivity index (χ3n) is 4.08. The molecule has 1 saturated carbocycles. The highest BCUT2D eigenvalue weighted by atomic mass is 32.2. The van der Waals surface area contributed by atoms with Crippen LogP contribution in [-0.4, -0.2) is 17.2 Å². The summed E-state index contributed by atoms with van der Waals surface area (Å²) in [5.74, 6) is 0.929.